The van der Waals surface area contributed by atoms with Crippen LogP contribution in [-0.4, -0.2) is 58.4 Å². The molecule has 1 saturated heterocycles. The number of hydrogen-bond donors (Lipinski definition) is 1. The van der Waals surface area contributed by atoms with Gasteiger partial charge in [-0.1, -0.05) is 18.2 Å². The Balaban J connectivity index is 2.10. The SMILES string of the molecule is CN(CCCC(=O)O)C(=O)C1(C)CCCN1C(=O)c1ccccc1. The number of rotatable bonds is 6. The summed E-state index contributed by atoms with van der Waals surface area (Å²) in [6, 6.07) is 8.96. The summed E-state index contributed by atoms with van der Waals surface area (Å²) >= 11 is 0. The van der Waals surface area contributed by atoms with Crippen LogP contribution in [0.4, 0.5) is 0 Å². The predicted molar refractivity (Wildman–Crippen MR) is 89.6 cm³/mol. The molecule has 0 bridgehead atoms. The van der Waals surface area contributed by atoms with Gasteiger partial charge in [-0.2, -0.15) is 0 Å². The maximum atomic E-state index is 12.9. The third-order valence-corrected chi connectivity index (χ3v) is 4.60. The van der Waals surface area contributed by atoms with E-state index in [2.05, 4.69) is 0 Å². The lowest BCUT2D eigenvalue weighted by molar-refractivity contribution is -0.141. The summed E-state index contributed by atoms with van der Waals surface area (Å²) in [7, 11) is 1.67. The van der Waals surface area contributed by atoms with Crippen molar-refractivity contribution < 1.29 is 19.5 Å². The quantitative estimate of drug-likeness (QED) is 0.864. The normalized spacial score (nSPS) is 20.0. The zero-order valence-electron chi connectivity index (χ0n) is 14.2. The van der Waals surface area contributed by atoms with Crippen LogP contribution in [0.5, 0.6) is 0 Å². The van der Waals surface area contributed by atoms with Crippen molar-refractivity contribution in [1.29, 1.82) is 0 Å². The molecule has 0 saturated carbocycles. The number of carboxylic acids is 1. The summed E-state index contributed by atoms with van der Waals surface area (Å²) in [6.07, 6.45) is 1.83. The van der Waals surface area contributed by atoms with E-state index < -0.39 is 11.5 Å². The van der Waals surface area contributed by atoms with Gasteiger partial charge < -0.3 is 14.9 Å². The van der Waals surface area contributed by atoms with Gasteiger partial charge in [0.15, 0.2) is 0 Å². The maximum absolute atomic E-state index is 12.9. The number of likely N-dealkylation sites (tertiary alicyclic amines) is 1. The van der Waals surface area contributed by atoms with E-state index in [1.54, 1.807) is 48.0 Å². The van der Waals surface area contributed by atoms with Gasteiger partial charge in [-0.3, -0.25) is 14.4 Å². The van der Waals surface area contributed by atoms with Crippen LogP contribution in [0.15, 0.2) is 30.3 Å². The number of carboxylic acid groups (broad SMARTS) is 1. The van der Waals surface area contributed by atoms with Gasteiger partial charge in [0, 0.05) is 32.1 Å². The van der Waals surface area contributed by atoms with Gasteiger partial charge in [-0.05, 0) is 38.3 Å². The molecular formula is C18H24N2O4. The highest BCUT2D eigenvalue weighted by molar-refractivity contribution is 5.99. The highest BCUT2D eigenvalue weighted by Gasteiger charge is 2.47. The highest BCUT2D eigenvalue weighted by Crippen LogP contribution is 2.32. The van der Waals surface area contributed by atoms with Crippen molar-refractivity contribution in [2.45, 2.75) is 38.1 Å². The molecule has 0 spiro atoms. The highest BCUT2D eigenvalue weighted by atomic mass is 16.4. The first kappa shape index (κ1) is 18.0. The molecule has 2 amide bonds. The van der Waals surface area contributed by atoms with E-state index in [0.29, 0.717) is 31.5 Å². The molecule has 6 heteroatoms. The molecule has 1 fully saturated rings. The van der Waals surface area contributed by atoms with Crippen molar-refractivity contribution >= 4 is 17.8 Å². The molecule has 2 rings (SSSR count). The minimum absolute atomic E-state index is 0.0288. The zero-order chi connectivity index (χ0) is 17.7. The van der Waals surface area contributed by atoms with E-state index in [1.165, 1.54) is 0 Å². The summed E-state index contributed by atoms with van der Waals surface area (Å²) in [5.41, 5.74) is -0.294. The number of likely N-dealkylation sites (N-methyl/N-ethyl adjacent to an activating group) is 1. The number of benzene rings is 1. The fourth-order valence-electron chi connectivity index (χ4n) is 3.23. The topological polar surface area (TPSA) is 77.9 Å². The third kappa shape index (κ3) is 3.75. The second kappa shape index (κ2) is 7.47. The smallest absolute Gasteiger partial charge is 0.303 e. The van der Waals surface area contributed by atoms with Gasteiger partial charge in [-0.15, -0.1) is 0 Å². The second-order valence-corrected chi connectivity index (χ2v) is 6.42. The minimum atomic E-state index is -0.871. The van der Waals surface area contributed by atoms with Crippen molar-refractivity contribution in [3.05, 3.63) is 35.9 Å². The molecule has 1 N–H and O–H groups in total. The molecule has 1 aliphatic rings. The molecule has 1 unspecified atom stereocenters. The predicted octanol–water partition coefficient (Wildman–Crippen LogP) is 2.00. The number of carbonyl (C=O) groups excluding carboxylic acids is 2. The Morgan fingerprint density at radius 3 is 2.54 bits per heavy atom. The fourth-order valence-corrected chi connectivity index (χ4v) is 3.23. The Kier molecular flexibility index (Phi) is 5.59. The summed E-state index contributed by atoms with van der Waals surface area (Å²) < 4.78 is 0. The van der Waals surface area contributed by atoms with Crippen LogP contribution in [0.3, 0.4) is 0 Å². The van der Waals surface area contributed by atoms with Crippen LogP contribution in [0.25, 0.3) is 0 Å². The van der Waals surface area contributed by atoms with Crippen LogP contribution >= 0.6 is 0 Å². The number of nitrogens with zero attached hydrogens (tertiary/aromatic N) is 2. The maximum Gasteiger partial charge on any atom is 0.303 e. The number of hydrogen-bond acceptors (Lipinski definition) is 3. The van der Waals surface area contributed by atoms with Gasteiger partial charge in [0.1, 0.15) is 5.54 Å². The molecule has 0 aromatic heterocycles. The molecule has 0 aliphatic carbocycles. The van der Waals surface area contributed by atoms with Crippen LogP contribution in [0.2, 0.25) is 0 Å². The Morgan fingerprint density at radius 2 is 1.92 bits per heavy atom. The molecule has 24 heavy (non-hydrogen) atoms. The number of aliphatic carboxylic acids is 1. The zero-order valence-corrected chi connectivity index (χ0v) is 14.2. The van der Waals surface area contributed by atoms with Crippen molar-refractivity contribution in [3.63, 3.8) is 0 Å². The van der Waals surface area contributed by atoms with E-state index in [1.807, 2.05) is 6.07 Å². The average Bonchev–Trinajstić information content (AvgIpc) is 2.96. The standard InChI is InChI=1S/C18H24N2O4/c1-18(17(24)19(2)12-6-10-15(21)22)11-7-13-20(18)16(23)14-8-4-3-5-9-14/h3-5,8-9H,6-7,10-13H2,1-2H3,(H,21,22). The monoisotopic (exact) mass is 332 g/mol. The molecule has 1 aromatic rings. The second-order valence-electron chi connectivity index (χ2n) is 6.42. The van der Waals surface area contributed by atoms with Gasteiger partial charge in [-0.25, -0.2) is 0 Å². The van der Waals surface area contributed by atoms with E-state index in [0.717, 1.165) is 6.42 Å². The van der Waals surface area contributed by atoms with E-state index in [-0.39, 0.29) is 18.2 Å². The van der Waals surface area contributed by atoms with Gasteiger partial charge in [0.05, 0.1) is 0 Å². The first-order valence-electron chi connectivity index (χ1n) is 8.20. The van der Waals surface area contributed by atoms with Crippen molar-refractivity contribution in [2.24, 2.45) is 0 Å². The lowest BCUT2D eigenvalue weighted by Gasteiger charge is -2.37. The van der Waals surface area contributed by atoms with Gasteiger partial charge >= 0.3 is 5.97 Å². The summed E-state index contributed by atoms with van der Waals surface area (Å²) in [4.78, 5) is 39.4. The lowest BCUT2D eigenvalue weighted by atomic mass is 9.96. The van der Waals surface area contributed by atoms with Crippen molar-refractivity contribution in [1.82, 2.24) is 9.80 Å². The van der Waals surface area contributed by atoms with Crippen LogP contribution in [0, 0.1) is 0 Å². The summed E-state index contributed by atoms with van der Waals surface area (Å²) in [5.74, 6) is -1.14. The summed E-state index contributed by atoms with van der Waals surface area (Å²) in [5, 5.41) is 8.71. The Labute approximate surface area is 142 Å². The molecule has 130 valence electrons. The molecular weight excluding hydrogens is 308 g/mol. The van der Waals surface area contributed by atoms with Crippen molar-refractivity contribution in [3.8, 4) is 0 Å². The average molecular weight is 332 g/mol. The first-order chi connectivity index (χ1) is 11.4. The minimum Gasteiger partial charge on any atom is -0.481 e. The molecule has 1 atom stereocenters. The Morgan fingerprint density at radius 1 is 1.25 bits per heavy atom. The largest absolute Gasteiger partial charge is 0.481 e. The molecule has 1 aliphatic heterocycles. The Hall–Kier alpha value is -2.37. The van der Waals surface area contributed by atoms with Crippen molar-refractivity contribution in [2.75, 3.05) is 20.1 Å². The lowest BCUT2D eigenvalue weighted by Crippen LogP contribution is -2.55. The fraction of sp³-hybridized carbons (Fsp3) is 0.500. The molecule has 6 nitrogen and oxygen atoms in total. The third-order valence-electron chi connectivity index (χ3n) is 4.60. The molecule has 0 radical (unpaired) electrons. The van der Waals surface area contributed by atoms with Crippen LogP contribution in [0.1, 0.15) is 43.0 Å². The van der Waals surface area contributed by atoms with Crippen LogP contribution in [-0.2, 0) is 9.59 Å². The van der Waals surface area contributed by atoms with E-state index in [9.17, 15) is 14.4 Å². The molecule has 1 heterocycles. The van der Waals surface area contributed by atoms with E-state index >= 15 is 0 Å². The number of amides is 2. The van der Waals surface area contributed by atoms with Gasteiger partial charge in [0.25, 0.3) is 5.91 Å². The van der Waals surface area contributed by atoms with Gasteiger partial charge in [0.2, 0.25) is 5.91 Å². The Bertz CT molecular complexity index is 617. The first-order valence-corrected chi connectivity index (χ1v) is 8.20. The molecule has 1 aromatic carbocycles. The summed E-state index contributed by atoms with van der Waals surface area (Å²) in [6.45, 7) is 2.73. The number of carbonyl (C=O) groups is 3. The van der Waals surface area contributed by atoms with Crippen LogP contribution < -0.4 is 0 Å². The van der Waals surface area contributed by atoms with E-state index in [4.69, 9.17) is 5.11 Å².